The monoisotopic (exact) mass is 349 g/mol. The zero-order valence-electron chi connectivity index (χ0n) is 10.0. The van der Waals surface area contributed by atoms with E-state index < -0.39 is 11.8 Å². The van der Waals surface area contributed by atoms with E-state index in [2.05, 4.69) is 26.8 Å². The van der Waals surface area contributed by atoms with Crippen molar-refractivity contribution in [3.63, 3.8) is 0 Å². The minimum absolute atomic E-state index is 0.303. The molecule has 1 heterocycles. The number of halogens is 1. The molecular formula is C13H8BrN3O2S. The van der Waals surface area contributed by atoms with E-state index in [0.717, 1.165) is 3.79 Å². The fourth-order valence-electron chi connectivity index (χ4n) is 1.41. The Labute approximate surface area is 127 Å². The fourth-order valence-corrected chi connectivity index (χ4v) is 2.69. The van der Waals surface area contributed by atoms with Crippen molar-refractivity contribution in [3.8, 4) is 6.07 Å². The van der Waals surface area contributed by atoms with Crippen LogP contribution in [-0.2, 0) is 0 Å². The van der Waals surface area contributed by atoms with Crippen LogP contribution in [0.25, 0.3) is 0 Å². The molecule has 0 atom stereocenters. The molecule has 0 bridgehead atoms. The molecule has 2 rings (SSSR count). The first-order chi connectivity index (χ1) is 9.60. The number of carbonyl (C=O) groups excluding carboxylic acids is 2. The van der Waals surface area contributed by atoms with Crippen molar-refractivity contribution in [2.45, 2.75) is 0 Å². The molecule has 0 aliphatic heterocycles. The minimum atomic E-state index is -0.480. The molecule has 1 aromatic heterocycles. The molecule has 0 aliphatic carbocycles. The lowest BCUT2D eigenvalue weighted by Crippen LogP contribution is -2.41. The maximum Gasteiger partial charge on any atom is 0.279 e. The molecule has 7 heteroatoms. The third-order valence-electron chi connectivity index (χ3n) is 2.34. The lowest BCUT2D eigenvalue weighted by Gasteiger charge is -2.06. The first-order valence-corrected chi connectivity index (χ1v) is 7.07. The summed E-state index contributed by atoms with van der Waals surface area (Å²) >= 11 is 4.51. The standard InChI is InChI=1S/C13H8BrN3O2S/c14-11-5-4-10(20-11)13(19)17-16-12(18)9-3-1-2-8(6-9)7-15/h1-6H,(H,16,18)(H,17,19). The van der Waals surface area contributed by atoms with E-state index in [1.807, 2.05) is 6.07 Å². The Morgan fingerprint density at radius 3 is 2.55 bits per heavy atom. The molecule has 0 radical (unpaired) electrons. The van der Waals surface area contributed by atoms with Crippen LogP contribution < -0.4 is 10.9 Å². The number of amides is 2. The summed E-state index contributed by atoms with van der Waals surface area (Å²) in [6.45, 7) is 0. The molecule has 2 N–H and O–H groups in total. The topological polar surface area (TPSA) is 82.0 Å². The third-order valence-corrected chi connectivity index (χ3v) is 3.96. The summed E-state index contributed by atoms with van der Waals surface area (Å²) in [5.74, 6) is -0.878. The van der Waals surface area contributed by atoms with E-state index >= 15 is 0 Å². The van der Waals surface area contributed by atoms with Crippen LogP contribution >= 0.6 is 27.3 Å². The molecule has 0 fully saturated rings. The Hall–Kier alpha value is -2.17. The van der Waals surface area contributed by atoms with Crippen molar-refractivity contribution < 1.29 is 9.59 Å². The molecule has 0 spiro atoms. The first kappa shape index (κ1) is 14.2. The second-order valence-electron chi connectivity index (χ2n) is 3.70. The average Bonchev–Trinajstić information content (AvgIpc) is 2.91. The summed E-state index contributed by atoms with van der Waals surface area (Å²) < 4.78 is 0.829. The predicted octanol–water partition coefficient (Wildman–Crippen LogP) is 2.46. The zero-order valence-corrected chi connectivity index (χ0v) is 12.4. The lowest BCUT2D eigenvalue weighted by atomic mass is 10.1. The average molecular weight is 350 g/mol. The van der Waals surface area contributed by atoms with Gasteiger partial charge in [0.15, 0.2) is 0 Å². The maximum absolute atomic E-state index is 11.8. The van der Waals surface area contributed by atoms with Gasteiger partial charge in [-0.05, 0) is 46.3 Å². The molecule has 2 amide bonds. The van der Waals surface area contributed by atoms with Gasteiger partial charge in [0.1, 0.15) is 0 Å². The highest BCUT2D eigenvalue weighted by Crippen LogP contribution is 2.21. The van der Waals surface area contributed by atoms with Crippen LogP contribution in [0, 0.1) is 11.3 Å². The fraction of sp³-hybridized carbons (Fsp3) is 0. The van der Waals surface area contributed by atoms with Gasteiger partial charge in [0.05, 0.1) is 20.3 Å². The second-order valence-corrected chi connectivity index (χ2v) is 6.17. The summed E-state index contributed by atoms with van der Waals surface area (Å²) in [6.07, 6.45) is 0. The van der Waals surface area contributed by atoms with E-state index in [0.29, 0.717) is 16.0 Å². The molecule has 0 aliphatic rings. The van der Waals surface area contributed by atoms with Gasteiger partial charge in [-0.3, -0.25) is 20.4 Å². The molecule has 2 aromatic rings. The van der Waals surface area contributed by atoms with E-state index in [1.54, 1.807) is 30.3 Å². The third kappa shape index (κ3) is 3.44. The van der Waals surface area contributed by atoms with Crippen molar-refractivity contribution >= 4 is 39.1 Å². The Balaban J connectivity index is 1.98. The molecule has 20 heavy (non-hydrogen) atoms. The Morgan fingerprint density at radius 2 is 1.90 bits per heavy atom. The number of nitrogens with zero attached hydrogens (tertiary/aromatic N) is 1. The number of thiophene rings is 1. The van der Waals surface area contributed by atoms with Gasteiger partial charge in [-0.15, -0.1) is 11.3 Å². The van der Waals surface area contributed by atoms with Crippen LogP contribution in [0.3, 0.4) is 0 Å². The highest BCUT2D eigenvalue weighted by molar-refractivity contribution is 9.11. The lowest BCUT2D eigenvalue weighted by molar-refractivity contribution is 0.0849. The van der Waals surface area contributed by atoms with Crippen LogP contribution in [0.4, 0.5) is 0 Å². The largest absolute Gasteiger partial charge is 0.279 e. The van der Waals surface area contributed by atoms with Gasteiger partial charge in [-0.25, -0.2) is 0 Å². The number of nitrogens with one attached hydrogen (secondary N) is 2. The highest BCUT2D eigenvalue weighted by atomic mass is 79.9. The summed E-state index contributed by atoms with van der Waals surface area (Å²) in [4.78, 5) is 24.0. The van der Waals surface area contributed by atoms with Gasteiger partial charge in [0.2, 0.25) is 0 Å². The highest BCUT2D eigenvalue weighted by Gasteiger charge is 2.11. The van der Waals surface area contributed by atoms with E-state index in [9.17, 15) is 9.59 Å². The first-order valence-electron chi connectivity index (χ1n) is 5.46. The van der Waals surface area contributed by atoms with Crippen molar-refractivity contribution in [2.24, 2.45) is 0 Å². The Kier molecular flexibility index (Phi) is 4.50. The molecular weight excluding hydrogens is 342 g/mol. The minimum Gasteiger partial charge on any atom is -0.267 e. The number of hydrogen-bond acceptors (Lipinski definition) is 4. The molecule has 5 nitrogen and oxygen atoms in total. The smallest absolute Gasteiger partial charge is 0.267 e. The summed E-state index contributed by atoms with van der Waals surface area (Å²) in [7, 11) is 0. The van der Waals surface area contributed by atoms with E-state index in [1.165, 1.54) is 17.4 Å². The summed E-state index contributed by atoms with van der Waals surface area (Å²) in [5.41, 5.74) is 5.30. The maximum atomic E-state index is 11.8. The van der Waals surface area contributed by atoms with Crippen molar-refractivity contribution in [3.05, 3.63) is 56.2 Å². The Bertz CT molecular complexity index is 706. The Morgan fingerprint density at radius 1 is 1.15 bits per heavy atom. The molecule has 0 saturated heterocycles. The summed E-state index contributed by atoms with van der Waals surface area (Å²) in [5, 5.41) is 8.76. The van der Waals surface area contributed by atoms with Gasteiger partial charge in [0.25, 0.3) is 11.8 Å². The normalized spacial score (nSPS) is 9.60. The van der Waals surface area contributed by atoms with Crippen LogP contribution in [0.5, 0.6) is 0 Å². The molecule has 0 saturated carbocycles. The number of benzene rings is 1. The zero-order chi connectivity index (χ0) is 14.5. The number of hydrogen-bond donors (Lipinski definition) is 2. The van der Waals surface area contributed by atoms with Crippen molar-refractivity contribution in [1.82, 2.24) is 10.9 Å². The van der Waals surface area contributed by atoms with Crippen LogP contribution in [0.2, 0.25) is 0 Å². The van der Waals surface area contributed by atoms with Gasteiger partial charge >= 0.3 is 0 Å². The van der Waals surface area contributed by atoms with Crippen molar-refractivity contribution in [2.75, 3.05) is 0 Å². The van der Waals surface area contributed by atoms with Gasteiger partial charge in [0, 0.05) is 5.56 Å². The van der Waals surface area contributed by atoms with E-state index in [-0.39, 0.29) is 0 Å². The number of nitriles is 1. The van der Waals surface area contributed by atoms with E-state index in [4.69, 9.17) is 5.26 Å². The van der Waals surface area contributed by atoms with Crippen molar-refractivity contribution in [1.29, 1.82) is 5.26 Å². The number of hydrazine groups is 1. The SMILES string of the molecule is N#Cc1cccc(C(=O)NNC(=O)c2ccc(Br)s2)c1. The molecule has 100 valence electrons. The van der Waals surface area contributed by atoms with Crippen LogP contribution in [-0.4, -0.2) is 11.8 Å². The van der Waals surface area contributed by atoms with Crippen LogP contribution in [0.1, 0.15) is 25.6 Å². The quantitative estimate of drug-likeness (QED) is 0.817. The summed E-state index contributed by atoms with van der Waals surface area (Å²) in [6, 6.07) is 11.5. The van der Waals surface area contributed by atoms with Gasteiger partial charge in [-0.1, -0.05) is 6.07 Å². The predicted molar refractivity (Wildman–Crippen MR) is 78.1 cm³/mol. The second kappa shape index (κ2) is 6.32. The molecule has 1 aromatic carbocycles. The van der Waals surface area contributed by atoms with Gasteiger partial charge < -0.3 is 0 Å². The molecule has 0 unspecified atom stereocenters. The van der Waals surface area contributed by atoms with Gasteiger partial charge in [-0.2, -0.15) is 5.26 Å². The number of carbonyl (C=O) groups is 2. The number of rotatable bonds is 2. The van der Waals surface area contributed by atoms with Crippen LogP contribution in [0.15, 0.2) is 40.2 Å².